The Morgan fingerprint density at radius 3 is 3.00 bits per heavy atom. The first-order valence-electron chi connectivity index (χ1n) is 6.98. The van der Waals surface area contributed by atoms with Gasteiger partial charge in [0, 0.05) is 24.2 Å². The van der Waals surface area contributed by atoms with Gasteiger partial charge in [0.2, 0.25) is 0 Å². The van der Waals surface area contributed by atoms with E-state index in [2.05, 4.69) is 21.9 Å². The van der Waals surface area contributed by atoms with Crippen LogP contribution < -0.4 is 0 Å². The van der Waals surface area contributed by atoms with Crippen molar-refractivity contribution in [3.05, 3.63) is 23.3 Å². The second-order valence-corrected chi connectivity index (χ2v) is 5.88. The van der Waals surface area contributed by atoms with Gasteiger partial charge in [-0.15, -0.1) is 0 Å². The maximum absolute atomic E-state index is 11.9. The average Bonchev–Trinajstić information content (AvgIpc) is 2.47. The number of carbonyl (C=O) groups excluding carboxylic acids is 1. The first kappa shape index (κ1) is 15.3. The molecule has 20 heavy (non-hydrogen) atoms. The molecule has 0 saturated carbocycles. The number of rotatable bonds is 4. The number of thioether (sulfide) groups is 1. The van der Waals surface area contributed by atoms with Gasteiger partial charge in [0.25, 0.3) is 0 Å². The average molecular weight is 295 g/mol. The lowest BCUT2D eigenvalue weighted by Gasteiger charge is -2.31. The highest BCUT2D eigenvalue weighted by Crippen LogP contribution is 2.26. The molecule has 1 aliphatic heterocycles. The van der Waals surface area contributed by atoms with E-state index in [1.54, 1.807) is 13.1 Å². The van der Waals surface area contributed by atoms with Crippen LogP contribution in [0.15, 0.2) is 6.20 Å². The fourth-order valence-corrected chi connectivity index (χ4v) is 3.41. The van der Waals surface area contributed by atoms with E-state index in [1.807, 2.05) is 18.7 Å². The predicted molar refractivity (Wildman–Crippen MR) is 80.1 cm³/mol. The minimum Gasteiger partial charge on any atom is -0.462 e. The van der Waals surface area contributed by atoms with Gasteiger partial charge in [-0.25, -0.2) is 14.8 Å². The maximum Gasteiger partial charge on any atom is 0.341 e. The van der Waals surface area contributed by atoms with Crippen LogP contribution >= 0.6 is 11.8 Å². The zero-order valence-electron chi connectivity index (χ0n) is 12.3. The monoisotopic (exact) mass is 295 g/mol. The Hall–Kier alpha value is -1.14. The largest absolute Gasteiger partial charge is 0.462 e. The highest BCUT2D eigenvalue weighted by Gasteiger charge is 2.25. The van der Waals surface area contributed by atoms with Gasteiger partial charge in [-0.2, -0.15) is 11.8 Å². The van der Waals surface area contributed by atoms with Gasteiger partial charge in [-0.1, -0.05) is 6.92 Å². The molecule has 2 heterocycles. The van der Waals surface area contributed by atoms with E-state index in [0.717, 1.165) is 29.6 Å². The molecule has 1 aromatic heterocycles. The van der Waals surface area contributed by atoms with Crippen molar-refractivity contribution in [3.63, 3.8) is 0 Å². The van der Waals surface area contributed by atoms with Crippen molar-refractivity contribution >= 4 is 17.7 Å². The molecule has 6 heteroatoms. The summed E-state index contributed by atoms with van der Waals surface area (Å²) in [6.45, 7) is 5.20. The van der Waals surface area contributed by atoms with Crippen LogP contribution in [-0.2, 0) is 11.2 Å². The van der Waals surface area contributed by atoms with Gasteiger partial charge >= 0.3 is 5.97 Å². The van der Waals surface area contributed by atoms with Crippen molar-refractivity contribution in [2.75, 3.05) is 31.7 Å². The van der Waals surface area contributed by atoms with Crippen LogP contribution in [0.4, 0.5) is 0 Å². The minimum atomic E-state index is -0.331. The molecule has 0 radical (unpaired) electrons. The van der Waals surface area contributed by atoms with Crippen molar-refractivity contribution in [2.45, 2.75) is 26.3 Å². The lowest BCUT2D eigenvalue weighted by atomic mass is 10.1. The van der Waals surface area contributed by atoms with Crippen molar-refractivity contribution < 1.29 is 9.53 Å². The van der Waals surface area contributed by atoms with Gasteiger partial charge in [-0.05, 0) is 20.4 Å². The van der Waals surface area contributed by atoms with Crippen LogP contribution in [0.3, 0.4) is 0 Å². The Bertz CT molecular complexity index is 481. The van der Waals surface area contributed by atoms with E-state index in [9.17, 15) is 4.79 Å². The number of ether oxygens (including phenoxy) is 1. The molecule has 0 spiro atoms. The van der Waals surface area contributed by atoms with E-state index in [1.165, 1.54) is 0 Å². The normalized spacial score (nSPS) is 19.9. The topological polar surface area (TPSA) is 55.3 Å². The van der Waals surface area contributed by atoms with E-state index in [4.69, 9.17) is 4.74 Å². The minimum absolute atomic E-state index is 0.232. The van der Waals surface area contributed by atoms with Gasteiger partial charge in [0.15, 0.2) is 0 Å². The molecule has 1 unspecified atom stereocenters. The molecule has 1 fully saturated rings. The van der Waals surface area contributed by atoms with Crippen molar-refractivity contribution in [1.82, 2.24) is 14.9 Å². The molecule has 2 rings (SSSR count). The fourth-order valence-electron chi connectivity index (χ4n) is 2.20. The summed E-state index contributed by atoms with van der Waals surface area (Å²) in [7, 11) is 2.10. The summed E-state index contributed by atoms with van der Waals surface area (Å²) in [6, 6.07) is 0.232. The molecule has 110 valence electrons. The predicted octanol–water partition coefficient (Wildman–Crippen LogP) is 1.94. The number of nitrogens with zero attached hydrogens (tertiary/aromatic N) is 3. The highest BCUT2D eigenvalue weighted by molar-refractivity contribution is 7.99. The number of aromatic nitrogens is 2. The number of carbonyl (C=O) groups is 1. The van der Waals surface area contributed by atoms with Gasteiger partial charge < -0.3 is 4.74 Å². The number of esters is 1. The molecule has 1 aliphatic rings. The SMILES string of the molecule is CCOC(=O)c1cnc(C2CSCCN2C)nc1CC. The number of hydrogen-bond donors (Lipinski definition) is 0. The molecular weight excluding hydrogens is 274 g/mol. The third-order valence-corrected chi connectivity index (χ3v) is 4.43. The summed E-state index contributed by atoms with van der Waals surface area (Å²) >= 11 is 1.92. The summed E-state index contributed by atoms with van der Waals surface area (Å²) in [4.78, 5) is 23.1. The van der Waals surface area contributed by atoms with Gasteiger partial charge in [0.05, 0.1) is 23.9 Å². The third-order valence-electron chi connectivity index (χ3n) is 3.41. The summed E-state index contributed by atoms with van der Waals surface area (Å²) in [5, 5.41) is 0. The molecule has 5 nitrogen and oxygen atoms in total. The van der Waals surface area contributed by atoms with Crippen LogP contribution in [0.25, 0.3) is 0 Å². The van der Waals surface area contributed by atoms with Gasteiger partial charge in [-0.3, -0.25) is 4.90 Å². The summed E-state index contributed by atoms with van der Waals surface area (Å²) in [5.41, 5.74) is 1.27. The quantitative estimate of drug-likeness (QED) is 0.791. The Morgan fingerprint density at radius 1 is 1.55 bits per heavy atom. The smallest absolute Gasteiger partial charge is 0.341 e. The van der Waals surface area contributed by atoms with Crippen LogP contribution in [0, 0.1) is 0 Å². The van der Waals surface area contributed by atoms with E-state index in [-0.39, 0.29) is 12.0 Å². The fraction of sp³-hybridized carbons (Fsp3) is 0.643. The molecule has 1 atom stereocenters. The first-order valence-corrected chi connectivity index (χ1v) is 8.13. The molecule has 0 aliphatic carbocycles. The zero-order chi connectivity index (χ0) is 14.5. The summed E-state index contributed by atoms with van der Waals surface area (Å²) < 4.78 is 5.04. The molecule has 0 N–H and O–H groups in total. The van der Waals surface area contributed by atoms with Crippen molar-refractivity contribution in [1.29, 1.82) is 0 Å². The number of aryl methyl sites for hydroxylation is 1. The van der Waals surface area contributed by atoms with E-state index in [0.29, 0.717) is 18.6 Å². The maximum atomic E-state index is 11.9. The third kappa shape index (κ3) is 3.30. The standard InChI is InChI=1S/C14H21N3O2S/c1-4-11-10(14(18)19-5-2)8-15-13(16-11)12-9-20-7-6-17(12)3/h8,12H,4-7,9H2,1-3H3. The molecule has 0 bridgehead atoms. The van der Waals surface area contributed by atoms with Crippen LogP contribution in [-0.4, -0.2) is 52.5 Å². The van der Waals surface area contributed by atoms with Crippen molar-refractivity contribution in [2.24, 2.45) is 0 Å². The molecule has 0 aromatic carbocycles. The molecule has 0 amide bonds. The summed E-state index contributed by atoms with van der Waals surface area (Å²) in [6.07, 6.45) is 2.32. The van der Waals surface area contributed by atoms with Crippen molar-refractivity contribution in [3.8, 4) is 0 Å². The van der Waals surface area contributed by atoms with E-state index >= 15 is 0 Å². The second-order valence-electron chi connectivity index (χ2n) is 4.73. The van der Waals surface area contributed by atoms with E-state index < -0.39 is 0 Å². The van der Waals surface area contributed by atoms with Crippen LogP contribution in [0.5, 0.6) is 0 Å². The van der Waals surface area contributed by atoms with Crippen LogP contribution in [0.2, 0.25) is 0 Å². The number of hydrogen-bond acceptors (Lipinski definition) is 6. The lowest BCUT2D eigenvalue weighted by molar-refractivity contribution is 0.0523. The Labute approximate surface area is 124 Å². The van der Waals surface area contributed by atoms with Crippen LogP contribution in [0.1, 0.15) is 41.8 Å². The summed E-state index contributed by atoms with van der Waals surface area (Å²) in [5.74, 6) is 2.62. The Balaban J connectivity index is 2.26. The lowest BCUT2D eigenvalue weighted by Crippen LogP contribution is -2.34. The Kier molecular flexibility index (Phi) is 5.37. The first-order chi connectivity index (χ1) is 9.67. The molecular formula is C14H21N3O2S. The molecule has 1 saturated heterocycles. The second kappa shape index (κ2) is 7.04. The molecule has 1 aromatic rings. The zero-order valence-corrected chi connectivity index (χ0v) is 13.1. The Morgan fingerprint density at radius 2 is 2.35 bits per heavy atom. The highest BCUT2D eigenvalue weighted by atomic mass is 32.2. The van der Waals surface area contributed by atoms with Gasteiger partial charge in [0.1, 0.15) is 5.82 Å².